The maximum absolute atomic E-state index is 4.67. The summed E-state index contributed by atoms with van der Waals surface area (Å²) in [6.45, 7) is 1.99. The van der Waals surface area contributed by atoms with E-state index < -0.39 is 0 Å². The van der Waals surface area contributed by atoms with Crippen LogP contribution >= 0.6 is 0 Å². The molecule has 7 nitrogen and oxygen atoms in total. The minimum Gasteiger partial charge on any atom is -0.351 e. The number of pyridine rings is 1. The zero-order valence-corrected chi connectivity index (χ0v) is 15.7. The molecule has 0 amide bonds. The van der Waals surface area contributed by atoms with Gasteiger partial charge in [-0.05, 0) is 43.5 Å². The van der Waals surface area contributed by atoms with Crippen molar-refractivity contribution in [2.24, 2.45) is 0 Å². The van der Waals surface area contributed by atoms with E-state index in [9.17, 15) is 0 Å². The number of rotatable bonds is 4. The van der Waals surface area contributed by atoms with E-state index in [2.05, 4.69) is 48.8 Å². The topological polar surface area (TPSA) is 81.4 Å². The highest BCUT2D eigenvalue weighted by atomic mass is 15.4. The van der Waals surface area contributed by atoms with E-state index in [1.165, 1.54) is 25.7 Å². The van der Waals surface area contributed by atoms with Crippen molar-refractivity contribution in [1.29, 1.82) is 0 Å². The molecule has 7 heteroatoms. The SMILES string of the molecule is Cc1ccc(-c2ccc(-n3nnc4cnc(NC5CCCC5)nc43)cc2)cn1. The van der Waals surface area contributed by atoms with Crippen LogP contribution in [0.2, 0.25) is 0 Å². The van der Waals surface area contributed by atoms with Gasteiger partial charge in [0.1, 0.15) is 0 Å². The summed E-state index contributed by atoms with van der Waals surface area (Å²) in [5.74, 6) is 0.644. The fraction of sp³-hybridized carbons (Fsp3) is 0.286. The first-order valence-corrected chi connectivity index (χ1v) is 9.65. The Balaban J connectivity index is 1.45. The summed E-state index contributed by atoms with van der Waals surface area (Å²) in [5, 5.41) is 11.9. The van der Waals surface area contributed by atoms with Crippen LogP contribution in [-0.4, -0.2) is 36.0 Å². The molecule has 1 aliphatic carbocycles. The fourth-order valence-electron chi connectivity index (χ4n) is 3.66. The molecule has 5 rings (SSSR count). The number of aryl methyl sites for hydroxylation is 1. The lowest BCUT2D eigenvalue weighted by Crippen LogP contribution is -2.16. The molecule has 1 aliphatic rings. The summed E-state index contributed by atoms with van der Waals surface area (Å²) in [7, 11) is 0. The summed E-state index contributed by atoms with van der Waals surface area (Å²) >= 11 is 0. The third-order valence-corrected chi connectivity index (χ3v) is 5.24. The van der Waals surface area contributed by atoms with Gasteiger partial charge in [-0.15, -0.1) is 5.10 Å². The summed E-state index contributed by atoms with van der Waals surface area (Å²) in [6.07, 6.45) is 8.51. The maximum Gasteiger partial charge on any atom is 0.225 e. The molecule has 1 N–H and O–H groups in total. The Morgan fingerprint density at radius 3 is 2.46 bits per heavy atom. The number of nitrogens with zero attached hydrogens (tertiary/aromatic N) is 6. The zero-order chi connectivity index (χ0) is 18.9. The minimum atomic E-state index is 0.462. The van der Waals surface area contributed by atoms with E-state index in [-0.39, 0.29) is 0 Å². The van der Waals surface area contributed by atoms with Gasteiger partial charge in [-0.2, -0.15) is 9.67 Å². The van der Waals surface area contributed by atoms with Crippen molar-refractivity contribution in [3.63, 3.8) is 0 Å². The van der Waals surface area contributed by atoms with Crippen LogP contribution in [-0.2, 0) is 0 Å². The van der Waals surface area contributed by atoms with Crippen LogP contribution in [0.25, 0.3) is 28.0 Å². The molecule has 1 saturated carbocycles. The van der Waals surface area contributed by atoms with E-state index in [1.807, 2.05) is 31.3 Å². The molecule has 0 aliphatic heterocycles. The monoisotopic (exact) mass is 371 g/mol. The van der Waals surface area contributed by atoms with Crippen LogP contribution in [0.15, 0.2) is 48.8 Å². The third kappa shape index (κ3) is 3.19. The largest absolute Gasteiger partial charge is 0.351 e. The summed E-state index contributed by atoms with van der Waals surface area (Å²) in [4.78, 5) is 13.4. The van der Waals surface area contributed by atoms with E-state index >= 15 is 0 Å². The second-order valence-corrected chi connectivity index (χ2v) is 7.26. The van der Waals surface area contributed by atoms with Gasteiger partial charge in [0.15, 0.2) is 11.2 Å². The first-order valence-electron chi connectivity index (χ1n) is 9.65. The lowest BCUT2D eigenvalue weighted by atomic mass is 10.1. The highest BCUT2D eigenvalue weighted by molar-refractivity contribution is 5.72. The average Bonchev–Trinajstić information content (AvgIpc) is 3.38. The van der Waals surface area contributed by atoms with Crippen LogP contribution in [0.4, 0.5) is 5.95 Å². The number of nitrogens with one attached hydrogen (secondary N) is 1. The first kappa shape index (κ1) is 16.8. The van der Waals surface area contributed by atoms with Crippen LogP contribution in [0.5, 0.6) is 0 Å². The van der Waals surface area contributed by atoms with Gasteiger partial charge in [0.25, 0.3) is 0 Å². The molecule has 0 radical (unpaired) electrons. The molecule has 28 heavy (non-hydrogen) atoms. The first-order chi connectivity index (χ1) is 13.8. The van der Waals surface area contributed by atoms with Gasteiger partial charge in [0.05, 0.1) is 11.9 Å². The smallest absolute Gasteiger partial charge is 0.225 e. The van der Waals surface area contributed by atoms with E-state index in [0.717, 1.165) is 22.5 Å². The molecular formula is C21H21N7. The predicted octanol–water partition coefficient (Wildman–Crippen LogP) is 3.94. The molecule has 140 valence electrons. The number of hydrogen-bond donors (Lipinski definition) is 1. The Kier molecular flexibility index (Phi) is 4.20. The van der Waals surface area contributed by atoms with Crippen molar-refractivity contribution < 1.29 is 0 Å². The number of fused-ring (bicyclic) bond motifs is 1. The van der Waals surface area contributed by atoms with E-state index in [0.29, 0.717) is 23.2 Å². The van der Waals surface area contributed by atoms with Crippen LogP contribution in [0, 0.1) is 6.92 Å². The zero-order valence-electron chi connectivity index (χ0n) is 15.7. The Morgan fingerprint density at radius 1 is 0.929 bits per heavy atom. The maximum atomic E-state index is 4.67. The predicted molar refractivity (Wildman–Crippen MR) is 108 cm³/mol. The van der Waals surface area contributed by atoms with Gasteiger partial charge in [-0.1, -0.05) is 36.3 Å². The van der Waals surface area contributed by atoms with Crippen molar-refractivity contribution in [2.75, 3.05) is 5.32 Å². The van der Waals surface area contributed by atoms with Gasteiger partial charge < -0.3 is 5.32 Å². The standard InChI is InChI=1S/C21H21N7/c1-14-6-7-16(12-22-14)15-8-10-18(11-9-15)28-20-19(26-27-28)13-23-21(25-20)24-17-4-2-3-5-17/h6-13,17H,2-5H2,1H3,(H,23,24,25). The summed E-state index contributed by atoms with van der Waals surface area (Å²) in [5.41, 5.74) is 5.52. The quantitative estimate of drug-likeness (QED) is 0.585. The van der Waals surface area contributed by atoms with Gasteiger partial charge in [-0.25, -0.2) is 4.98 Å². The van der Waals surface area contributed by atoms with Gasteiger partial charge in [-0.3, -0.25) is 4.98 Å². The Hall–Kier alpha value is -3.35. The fourth-order valence-corrected chi connectivity index (χ4v) is 3.66. The Morgan fingerprint density at radius 2 is 1.71 bits per heavy atom. The highest BCUT2D eigenvalue weighted by Crippen LogP contribution is 2.23. The average molecular weight is 371 g/mol. The number of anilines is 1. The van der Waals surface area contributed by atoms with Gasteiger partial charge in [0.2, 0.25) is 5.95 Å². The Labute approximate surface area is 162 Å². The molecule has 3 heterocycles. The summed E-state index contributed by atoms with van der Waals surface area (Å²) < 4.78 is 1.76. The van der Waals surface area contributed by atoms with Crippen molar-refractivity contribution in [1.82, 2.24) is 29.9 Å². The van der Waals surface area contributed by atoms with Crippen LogP contribution < -0.4 is 5.32 Å². The third-order valence-electron chi connectivity index (χ3n) is 5.24. The van der Waals surface area contributed by atoms with Crippen molar-refractivity contribution in [3.05, 3.63) is 54.5 Å². The Bertz CT molecular complexity index is 1090. The van der Waals surface area contributed by atoms with Crippen molar-refractivity contribution >= 4 is 17.1 Å². The lowest BCUT2D eigenvalue weighted by molar-refractivity contribution is 0.744. The molecule has 0 atom stereocenters. The van der Waals surface area contributed by atoms with E-state index in [4.69, 9.17) is 0 Å². The second kappa shape index (κ2) is 6.99. The molecule has 1 aromatic carbocycles. The molecule has 0 unspecified atom stereocenters. The van der Waals surface area contributed by atoms with Crippen LogP contribution in [0.1, 0.15) is 31.4 Å². The second-order valence-electron chi connectivity index (χ2n) is 7.26. The molecular weight excluding hydrogens is 350 g/mol. The molecule has 4 aromatic rings. The highest BCUT2D eigenvalue weighted by Gasteiger charge is 2.17. The minimum absolute atomic E-state index is 0.462. The number of hydrogen-bond acceptors (Lipinski definition) is 6. The molecule has 3 aromatic heterocycles. The van der Waals surface area contributed by atoms with Gasteiger partial charge in [0, 0.05) is 23.5 Å². The van der Waals surface area contributed by atoms with Crippen LogP contribution in [0.3, 0.4) is 0 Å². The van der Waals surface area contributed by atoms with E-state index in [1.54, 1.807) is 10.9 Å². The molecule has 0 bridgehead atoms. The normalized spacial score (nSPS) is 14.6. The molecule has 1 fully saturated rings. The van der Waals surface area contributed by atoms with Crippen molar-refractivity contribution in [3.8, 4) is 16.8 Å². The summed E-state index contributed by atoms with van der Waals surface area (Å²) in [6, 6.07) is 12.7. The van der Waals surface area contributed by atoms with Gasteiger partial charge >= 0.3 is 0 Å². The lowest BCUT2D eigenvalue weighted by Gasteiger charge is -2.11. The van der Waals surface area contributed by atoms with Crippen molar-refractivity contribution in [2.45, 2.75) is 38.6 Å². The number of benzene rings is 1. The molecule has 0 saturated heterocycles. The number of aromatic nitrogens is 6. The molecule has 0 spiro atoms.